The molecule has 0 N–H and O–H groups in total. The minimum Gasteiger partial charge on any atom is -0.456 e. The van der Waals surface area contributed by atoms with Crippen molar-refractivity contribution in [1.82, 2.24) is 0 Å². The van der Waals surface area contributed by atoms with Crippen molar-refractivity contribution < 1.29 is 9.53 Å². The molecule has 47 heavy (non-hydrogen) atoms. The number of benzene rings is 2. The highest BCUT2D eigenvalue weighted by Crippen LogP contribution is 2.63. The average Bonchev–Trinajstić information content (AvgIpc) is 3.89. The summed E-state index contributed by atoms with van der Waals surface area (Å²) in [6, 6.07) is 29.6. The van der Waals surface area contributed by atoms with Crippen molar-refractivity contribution in [3.63, 3.8) is 0 Å². The largest absolute Gasteiger partial charge is 0.456 e. The Morgan fingerprint density at radius 2 is 1.62 bits per heavy atom. The number of carbonyl (C=O) groups excluding carboxylic acids is 1. The van der Waals surface area contributed by atoms with Gasteiger partial charge in [0, 0.05) is 52.2 Å². The zero-order valence-electron chi connectivity index (χ0n) is 26.3. The second-order valence-corrected chi connectivity index (χ2v) is 18.2. The van der Waals surface area contributed by atoms with E-state index >= 15 is 0 Å². The summed E-state index contributed by atoms with van der Waals surface area (Å²) in [5, 5.41) is 9.59. The molecule has 2 bridgehead atoms. The van der Waals surface area contributed by atoms with Crippen molar-refractivity contribution in [2.45, 2.75) is 57.6 Å². The van der Waals surface area contributed by atoms with Gasteiger partial charge in [0.1, 0.15) is 17.2 Å². The van der Waals surface area contributed by atoms with E-state index in [4.69, 9.17) is 4.74 Å². The molecule has 2 fully saturated rings. The minimum absolute atomic E-state index is 0.0172. The highest BCUT2D eigenvalue weighted by Gasteiger charge is 2.55. The Morgan fingerprint density at radius 1 is 0.872 bits per heavy atom. The van der Waals surface area contributed by atoms with Crippen LogP contribution >= 0.6 is 45.3 Å². The monoisotopic (exact) mass is 688 g/mol. The SMILES string of the molecule is CC(C)(C)OC(=O)/C(C#N)=C/c1ccc(-c2cc3sc4cc(-c5ccc6c(c5)C5C(C7CC[C@H]5C7)N6c5ccccc5)sc4c3s2)s1. The molecule has 0 radical (unpaired) electrons. The maximum Gasteiger partial charge on any atom is 0.349 e. The van der Waals surface area contributed by atoms with Gasteiger partial charge >= 0.3 is 5.97 Å². The molecule has 9 rings (SSSR count). The van der Waals surface area contributed by atoms with Crippen LogP contribution in [0.25, 0.3) is 45.1 Å². The van der Waals surface area contributed by atoms with Crippen LogP contribution in [0.4, 0.5) is 11.4 Å². The molecule has 4 atom stereocenters. The van der Waals surface area contributed by atoms with Gasteiger partial charge < -0.3 is 9.64 Å². The molecule has 2 aromatic carbocycles. The molecule has 2 saturated carbocycles. The Kier molecular flexibility index (Phi) is 6.82. The Morgan fingerprint density at radius 3 is 2.38 bits per heavy atom. The van der Waals surface area contributed by atoms with Gasteiger partial charge in [-0.3, -0.25) is 0 Å². The van der Waals surface area contributed by atoms with E-state index in [2.05, 4.69) is 71.6 Å². The number of rotatable bonds is 5. The van der Waals surface area contributed by atoms with Crippen LogP contribution in [0.2, 0.25) is 0 Å². The molecule has 1 aliphatic heterocycles. The van der Waals surface area contributed by atoms with E-state index in [1.54, 1.807) is 43.7 Å². The van der Waals surface area contributed by atoms with E-state index < -0.39 is 11.6 Å². The molecule has 0 spiro atoms. The molecule has 4 nitrogen and oxygen atoms in total. The third-order valence-corrected chi connectivity index (χ3v) is 14.9. The van der Waals surface area contributed by atoms with E-state index in [1.807, 2.05) is 46.1 Å². The summed E-state index contributed by atoms with van der Waals surface area (Å²) in [5.41, 5.74) is 5.00. The van der Waals surface area contributed by atoms with Gasteiger partial charge in [0.05, 0.1) is 9.40 Å². The summed E-state index contributed by atoms with van der Waals surface area (Å²) in [6.45, 7) is 5.41. The van der Waals surface area contributed by atoms with Gasteiger partial charge in [0.25, 0.3) is 0 Å². The number of esters is 1. The van der Waals surface area contributed by atoms with Crippen LogP contribution in [0.3, 0.4) is 0 Å². The summed E-state index contributed by atoms with van der Waals surface area (Å²) in [5.74, 6) is 1.65. The molecular formula is C39H32N2O2S4. The van der Waals surface area contributed by atoms with Crippen molar-refractivity contribution in [2.24, 2.45) is 11.8 Å². The van der Waals surface area contributed by atoms with E-state index in [0.717, 1.165) is 21.6 Å². The van der Waals surface area contributed by atoms with E-state index in [1.165, 1.54) is 64.8 Å². The third kappa shape index (κ3) is 4.90. The summed E-state index contributed by atoms with van der Waals surface area (Å²) in [4.78, 5) is 19.7. The fraction of sp³-hybridized carbons (Fsp3) is 0.282. The lowest BCUT2D eigenvalue weighted by Crippen LogP contribution is -2.35. The lowest BCUT2D eigenvalue weighted by molar-refractivity contribution is -0.149. The number of nitrogens with zero attached hydrogens (tertiary/aromatic N) is 2. The number of carbonyl (C=O) groups is 1. The van der Waals surface area contributed by atoms with Crippen LogP contribution in [0.15, 0.2) is 78.4 Å². The van der Waals surface area contributed by atoms with E-state index in [0.29, 0.717) is 12.0 Å². The summed E-state index contributed by atoms with van der Waals surface area (Å²) in [7, 11) is 0. The lowest BCUT2D eigenvalue weighted by Gasteiger charge is -2.33. The summed E-state index contributed by atoms with van der Waals surface area (Å²) >= 11 is 7.21. The van der Waals surface area contributed by atoms with Gasteiger partial charge in [-0.05, 0) is 118 Å². The van der Waals surface area contributed by atoms with Gasteiger partial charge in [-0.2, -0.15) is 5.26 Å². The van der Waals surface area contributed by atoms with Crippen LogP contribution < -0.4 is 4.90 Å². The Balaban J connectivity index is 1.03. The van der Waals surface area contributed by atoms with Gasteiger partial charge in [-0.15, -0.1) is 45.3 Å². The molecule has 4 aromatic heterocycles. The van der Waals surface area contributed by atoms with Crippen molar-refractivity contribution in [3.05, 3.63) is 88.8 Å². The highest BCUT2D eigenvalue weighted by atomic mass is 32.1. The van der Waals surface area contributed by atoms with E-state index in [9.17, 15) is 10.1 Å². The Labute approximate surface area is 290 Å². The Hall–Kier alpha value is -3.74. The van der Waals surface area contributed by atoms with Gasteiger partial charge in [0.15, 0.2) is 0 Å². The van der Waals surface area contributed by atoms with Crippen LogP contribution in [0.1, 0.15) is 56.4 Å². The topological polar surface area (TPSA) is 53.3 Å². The molecular weight excluding hydrogens is 657 g/mol. The molecule has 3 unspecified atom stereocenters. The lowest BCUT2D eigenvalue weighted by atomic mass is 9.82. The molecule has 234 valence electrons. The maximum atomic E-state index is 12.5. The van der Waals surface area contributed by atoms with Crippen molar-refractivity contribution in [3.8, 4) is 26.3 Å². The number of nitriles is 1. The molecule has 8 heteroatoms. The van der Waals surface area contributed by atoms with Crippen LogP contribution in [-0.4, -0.2) is 17.6 Å². The average molecular weight is 689 g/mol. The molecule has 0 saturated heterocycles. The number of para-hydroxylation sites is 1. The molecule has 2 aliphatic carbocycles. The number of fused-ring (bicyclic) bond motifs is 10. The second-order valence-electron chi connectivity index (χ2n) is 13.9. The number of thiophene rings is 4. The van der Waals surface area contributed by atoms with Crippen LogP contribution in [-0.2, 0) is 9.53 Å². The first-order chi connectivity index (χ1) is 22.7. The predicted octanol–water partition coefficient (Wildman–Crippen LogP) is 11.9. The molecule has 5 heterocycles. The van der Waals surface area contributed by atoms with Crippen LogP contribution in [0, 0.1) is 23.2 Å². The fourth-order valence-electron chi connectivity index (χ4n) is 8.10. The zero-order valence-corrected chi connectivity index (χ0v) is 29.5. The van der Waals surface area contributed by atoms with Gasteiger partial charge in [0.2, 0.25) is 0 Å². The number of hydrogen-bond donors (Lipinski definition) is 0. The number of hydrogen-bond acceptors (Lipinski definition) is 8. The number of ether oxygens (including phenoxy) is 1. The molecule has 0 amide bonds. The number of anilines is 2. The normalized spacial score (nSPS) is 21.8. The van der Waals surface area contributed by atoms with Gasteiger partial charge in [-0.1, -0.05) is 24.3 Å². The first-order valence-electron chi connectivity index (χ1n) is 16.1. The first-order valence-corrected chi connectivity index (χ1v) is 19.4. The first kappa shape index (κ1) is 29.4. The molecule has 6 aromatic rings. The smallest absolute Gasteiger partial charge is 0.349 e. The van der Waals surface area contributed by atoms with E-state index in [-0.39, 0.29) is 5.57 Å². The minimum atomic E-state index is -0.647. The van der Waals surface area contributed by atoms with Crippen molar-refractivity contribution >= 4 is 87.6 Å². The zero-order chi connectivity index (χ0) is 32.0. The quantitative estimate of drug-likeness (QED) is 0.103. The van der Waals surface area contributed by atoms with Crippen molar-refractivity contribution in [1.29, 1.82) is 5.26 Å². The maximum absolute atomic E-state index is 12.5. The summed E-state index contributed by atoms with van der Waals surface area (Å²) < 4.78 is 10.8. The highest BCUT2D eigenvalue weighted by molar-refractivity contribution is 7.40. The van der Waals surface area contributed by atoms with Gasteiger partial charge in [-0.25, -0.2) is 4.79 Å². The fourth-order valence-corrected chi connectivity index (χ4v) is 13.2. The molecule has 3 aliphatic rings. The third-order valence-electron chi connectivity index (χ3n) is 9.85. The van der Waals surface area contributed by atoms with Crippen LogP contribution in [0.5, 0.6) is 0 Å². The standard InChI is InChI=1S/C39H32N2O2S4/c1-39(2,3)43-38(42)24(20-40)16-26-12-14-29(44-26)31-19-33-37(47-31)36-32(45-33)18-30(46-36)21-11-13-28-27(17-21)34-22-9-10-23(15-22)35(34)41(28)25-7-5-4-6-8-25/h4-8,11-14,16-19,22-23,34-35H,9-10,15H2,1-3H3/b24-16+/t22-,23?,34?,35?/m0/s1. The second kappa shape index (κ2) is 10.9. The summed E-state index contributed by atoms with van der Waals surface area (Å²) in [6.07, 6.45) is 5.75. The van der Waals surface area contributed by atoms with Crippen molar-refractivity contribution in [2.75, 3.05) is 4.90 Å². The Bertz CT molecular complexity index is 2270. The predicted molar refractivity (Wildman–Crippen MR) is 199 cm³/mol.